The topological polar surface area (TPSA) is 52.1 Å². The van der Waals surface area contributed by atoms with Gasteiger partial charge < -0.3 is 9.53 Å². The van der Waals surface area contributed by atoms with Crippen molar-refractivity contribution in [3.05, 3.63) is 53.3 Å². The lowest BCUT2D eigenvalue weighted by Crippen LogP contribution is -2.04. The Balaban J connectivity index is 2.00. The minimum Gasteiger partial charge on any atom is -0.463 e. The largest absolute Gasteiger partial charge is 0.463 e. The van der Waals surface area contributed by atoms with Crippen LogP contribution in [0.15, 0.2) is 36.5 Å². The summed E-state index contributed by atoms with van der Waals surface area (Å²) in [6.45, 7) is 6.37. The highest BCUT2D eigenvalue weighted by Gasteiger charge is 2.06. The Labute approximate surface area is 149 Å². The molecule has 25 heavy (non-hydrogen) atoms. The van der Waals surface area contributed by atoms with Gasteiger partial charge in [0.2, 0.25) is 0 Å². The van der Waals surface area contributed by atoms with Crippen molar-refractivity contribution in [2.45, 2.75) is 40.0 Å². The number of hydrogen-bond donors (Lipinski definition) is 0. The molecule has 1 unspecified atom stereocenters. The van der Waals surface area contributed by atoms with Crippen molar-refractivity contribution >= 4 is 5.78 Å². The van der Waals surface area contributed by atoms with Crippen LogP contribution in [0.4, 0.5) is 0 Å². The zero-order valence-electron chi connectivity index (χ0n) is 15.1. The maximum Gasteiger partial charge on any atom is 0.317 e. The smallest absolute Gasteiger partial charge is 0.317 e. The summed E-state index contributed by atoms with van der Waals surface area (Å²) in [4.78, 5) is 19.5. The Bertz CT molecular complexity index is 757. The number of carbonyl (C=O) groups excluding carboxylic acids is 1. The van der Waals surface area contributed by atoms with E-state index in [1.165, 1.54) is 5.56 Å². The summed E-state index contributed by atoms with van der Waals surface area (Å²) in [7, 11) is 0. The van der Waals surface area contributed by atoms with Crippen LogP contribution in [0.3, 0.4) is 0 Å². The second-order valence-corrected chi connectivity index (χ2v) is 6.24. The van der Waals surface area contributed by atoms with Crippen LogP contribution >= 0.6 is 0 Å². The van der Waals surface area contributed by atoms with Gasteiger partial charge in [0.25, 0.3) is 0 Å². The summed E-state index contributed by atoms with van der Waals surface area (Å²) in [6, 6.07) is 10.3. The molecule has 0 bridgehead atoms. The van der Waals surface area contributed by atoms with E-state index in [1.807, 2.05) is 19.1 Å². The van der Waals surface area contributed by atoms with Gasteiger partial charge in [-0.2, -0.15) is 4.98 Å². The van der Waals surface area contributed by atoms with Crippen molar-refractivity contribution in [3.63, 3.8) is 0 Å². The molecule has 0 saturated heterocycles. The van der Waals surface area contributed by atoms with E-state index in [0.717, 1.165) is 18.4 Å². The molecule has 2 aromatic rings. The van der Waals surface area contributed by atoms with Gasteiger partial charge in [0.1, 0.15) is 11.5 Å². The first-order valence-electron chi connectivity index (χ1n) is 8.63. The molecule has 4 nitrogen and oxygen atoms in total. The molecule has 1 aromatic heterocycles. The van der Waals surface area contributed by atoms with Crippen LogP contribution in [0.2, 0.25) is 0 Å². The highest BCUT2D eigenvalue weighted by molar-refractivity contribution is 5.75. The van der Waals surface area contributed by atoms with Crippen LogP contribution in [0.5, 0.6) is 6.01 Å². The quantitative estimate of drug-likeness (QED) is 0.721. The molecule has 1 heterocycles. The van der Waals surface area contributed by atoms with Gasteiger partial charge in [0.05, 0.1) is 6.61 Å². The second kappa shape index (κ2) is 9.58. The fraction of sp³-hybridized carbons (Fsp3) is 0.381. The van der Waals surface area contributed by atoms with Crippen molar-refractivity contribution in [2.75, 3.05) is 6.61 Å². The fourth-order valence-electron chi connectivity index (χ4n) is 2.50. The molecule has 0 saturated carbocycles. The number of Topliss-reactive ketones (excluding diaryl/α,β-unsaturated/α-hetero) is 1. The number of nitrogens with zero attached hydrogens (tertiary/aromatic N) is 2. The predicted molar refractivity (Wildman–Crippen MR) is 98.4 cm³/mol. The third-order valence-corrected chi connectivity index (χ3v) is 3.58. The lowest BCUT2D eigenvalue weighted by molar-refractivity contribution is -0.117. The summed E-state index contributed by atoms with van der Waals surface area (Å²) < 4.78 is 5.41. The monoisotopic (exact) mass is 336 g/mol. The van der Waals surface area contributed by atoms with Crippen LogP contribution in [-0.2, 0) is 11.2 Å². The summed E-state index contributed by atoms with van der Waals surface area (Å²) in [5.41, 5.74) is 2.79. The van der Waals surface area contributed by atoms with Crippen molar-refractivity contribution in [3.8, 4) is 17.9 Å². The molecular weight excluding hydrogens is 312 g/mol. The Morgan fingerprint density at radius 3 is 2.64 bits per heavy atom. The molecule has 0 N–H and O–H groups in total. The summed E-state index contributed by atoms with van der Waals surface area (Å²) >= 11 is 0. The van der Waals surface area contributed by atoms with Crippen LogP contribution in [-0.4, -0.2) is 22.4 Å². The maximum absolute atomic E-state index is 11.2. The third kappa shape index (κ3) is 6.76. The van der Waals surface area contributed by atoms with Crippen LogP contribution in [0, 0.1) is 17.8 Å². The predicted octanol–water partition coefficient (Wildman–Crippen LogP) is 3.82. The highest BCUT2D eigenvalue weighted by Crippen LogP contribution is 2.13. The van der Waals surface area contributed by atoms with Crippen LogP contribution in [0.25, 0.3) is 0 Å². The molecule has 0 aliphatic carbocycles. The van der Waals surface area contributed by atoms with Gasteiger partial charge >= 0.3 is 6.01 Å². The Morgan fingerprint density at radius 1 is 1.20 bits per heavy atom. The molecule has 0 aliphatic heterocycles. The van der Waals surface area contributed by atoms with Crippen molar-refractivity contribution in [1.82, 2.24) is 9.97 Å². The van der Waals surface area contributed by atoms with Crippen LogP contribution < -0.4 is 4.74 Å². The van der Waals surface area contributed by atoms with Gasteiger partial charge in [-0.15, -0.1) is 0 Å². The lowest BCUT2D eigenvalue weighted by atomic mass is 9.96. The number of carbonyl (C=O) groups is 1. The standard InChI is InChI=1S/C21H24N2O2/c1-4-13-25-21-22-12-11-20(23-21)10-9-18-5-7-19(8-6-18)15-16(2)14-17(3)24/h5-8,11-12,16H,4,13-15H2,1-3H3. The van der Waals surface area contributed by atoms with Crippen molar-refractivity contribution in [2.24, 2.45) is 5.92 Å². The van der Waals surface area contributed by atoms with E-state index < -0.39 is 0 Å². The molecule has 4 heteroatoms. The number of benzene rings is 1. The first kappa shape index (κ1) is 18.7. The van der Waals surface area contributed by atoms with E-state index in [2.05, 4.69) is 40.9 Å². The van der Waals surface area contributed by atoms with E-state index in [4.69, 9.17) is 4.74 Å². The molecule has 0 aliphatic rings. The van der Waals surface area contributed by atoms with Gasteiger partial charge in [-0.05, 0) is 55.4 Å². The van der Waals surface area contributed by atoms with E-state index in [9.17, 15) is 4.79 Å². The molecule has 0 fully saturated rings. The second-order valence-electron chi connectivity index (χ2n) is 6.24. The number of ether oxygens (including phenoxy) is 1. The summed E-state index contributed by atoms with van der Waals surface area (Å²) in [6.07, 6.45) is 4.09. The van der Waals surface area contributed by atoms with E-state index in [0.29, 0.717) is 30.7 Å². The van der Waals surface area contributed by atoms with Gasteiger partial charge in [-0.25, -0.2) is 4.98 Å². The highest BCUT2D eigenvalue weighted by atomic mass is 16.5. The molecule has 0 spiro atoms. The molecule has 1 atom stereocenters. The van der Waals surface area contributed by atoms with E-state index in [-0.39, 0.29) is 5.78 Å². The Kier molecular flexibility index (Phi) is 7.16. The van der Waals surface area contributed by atoms with Crippen LogP contribution in [0.1, 0.15) is 50.4 Å². The fourth-order valence-corrected chi connectivity index (χ4v) is 2.50. The van der Waals surface area contributed by atoms with Gasteiger partial charge in [0.15, 0.2) is 0 Å². The summed E-state index contributed by atoms with van der Waals surface area (Å²) in [5, 5.41) is 0. The van der Waals surface area contributed by atoms with Gasteiger partial charge in [-0.3, -0.25) is 0 Å². The minimum absolute atomic E-state index is 0.238. The van der Waals surface area contributed by atoms with Gasteiger partial charge in [-0.1, -0.05) is 31.9 Å². The normalized spacial score (nSPS) is 11.3. The molecule has 1 aromatic carbocycles. The zero-order valence-corrected chi connectivity index (χ0v) is 15.1. The van der Waals surface area contributed by atoms with Gasteiger partial charge in [0, 0.05) is 18.2 Å². The number of aromatic nitrogens is 2. The number of ketones is 1. The third-order valence-electron chi connectivity index (χ3n) is 3.58. The maximum atomic E-state index is 11.2. The Morgan fingerprint density at radius 2 is 1.96 bits per heavy atom. The van der Waals surface area contributed by atoms with Crippen molar-refractivity contribution in [1.29, 1.82) is 0 Å². The summed E-state index contributed by atoms with van der Waals surface area (Å²) in [5.74, 6) is 6.74. The van der Waals surface area contributed by atoms with E-state index >= 15 is 0 Å². The molecule has 0 amide bonds. The van der Waals surface area contributed by atoms with Crippen molar-refractivity contribution < 1.29 is 9.53 Å². The average Bonchev–Trinajstić information content (AvgIpc) is 2.59. The lowest BCUT2D eigenvalue weighted by Gasteiger charge is -2.09. The average molecular weight is 336 g/mol. The first-order valence-corrected chi connectivity index (χ1v) is 8.63. The number of hydrogen-bond acceptors (Lipinski definition) is 4. The first-order chi connectivity index (χ1) is 12.1. The van der Waals surface area contributed by atoms with E-state index in [1.54, 1.807) is 19.2 Å². The Hall–Kier alpha value is -2.67. The zero-order chi connectivity index (χ0) is 18.1. The SMILES string of the molecule is CCCOc1nccc(C#Cc2ccc(CC(C)CC(C)=O)cc2)n1. The number of rotatable bonds is 7. The molecule has 0 radical (unpaired) electrons. The molecular formula is C21H24N2O2. The minimum atomic E-state index is 0.238. The molecule has 130 valence electrons. The molecule has 2 rings (SSSR count).